The molecule has 1 N–H and O–H groups in total. The van der Waals surface area contributed by atoms with Crippen molar-refractivity contribution in [3.05, 3.63) is 77.1 Å². The van der Waals surface area contributed by atoms with Crippen LogP contribution in [-0.2, 0) is 14.3 Å². The quantitative estimate of drug-likeness (QED) is 0.325. The Bertz CT molecular complexity index is 1080. The third-order valence-corrected chi connectivity index (χ3v) is 5.80. The van der Waals surface area contributed by atoms with Gasteiger partial charge in [0, 0.05) is 20.3 Å². The van der Waals surface area contributed by atoms with Crippen LogP contribution in [0.3, 0.4) is 0 Å². The van der Waals surface area contributed by atoms with E-state index in [2.05, 4.69) is 6.92 Å². The molecular weight excluding hydrogens is 446 g/mol. The molecule has 2 aromatic rings. The van der Waals surface area contributed by atoms with Gasteiger partial charge in [0.05, 0.1) is 25.3 Å². The van der Waals surface area contributed by atoms with Crippen LogP contribution in [0.4, 0.5) is 0 Å². The molecule has 2 aromatic carbocycles. The van der Waals surface area contributed by atoms with E-state index >= 15 is 0 Å². The third-order valence-electron chi connectivity index (χ3n) is 5.80. The van der Waals surface area contributed by atoms with E-state index in [4.69, 9.17) is 14.2 Å². The molecule has 1 atom stereocenters. The molecule has 1 unspecified atom stereocenters. The van der Waals surface area contributed by atoms with Crippen molar-refractivity contribution in [2.75, 3.05) is 34.0 Å². The molecule has 1 aliphatic heterocycles. The Kier molecular flexibility index (Phi) is 9.49. The Hall–Kier alpha value is -3.58. The van der Waals surface area contributed by atoms with Gasteiger partial charge in [0.2, 0.25) is 0 Å². The molecule has 3 rings (SSSR count). The van der Waals surface area contributed by atoms with Crippen LogP contribution in [0, 0.1) is 0 Å². The molecule has 0 spiro atoms. The van der Waals surface area contributed by atoms with Gasteiger partial charge in [-0.2, -0.15) is 0 Å². The zero-order valence-corrected chi connectivity index (χ0v) is 20.5. The molecule has 0 bridgehead atoms. The third kappa shape index (κ3) is 6.31. The minimum atomic E-state index is -0.758. The van der Waals surface area contributed by atoms with Gasteiger partial charge >= 0.3 is 0 Å². The molecule has 35 heavy (non-hydrogen) atoms. The largest absolute Gasteiger partial charge is 0.503 e. The zero-order chi connectivity index (χ0) is 25.2. The lowest BCUT2D eigenvalue weighted by atomic mass is 9.95. The maximum atomic E-state index is 13.3. The fourth-order valence-electron chi connectivity index (χ4n) is 3.99. The molecule has 0 aliphatic carbocycles. The summed E-state index contributed by atoms with van der Waals surface area (Å²) in [6.45, 7) is 3.41. The maximum Gasteiger partial charge on any atom is 0.290 e. The Morgan fingerprint density at radius 1 is 1.06 bits per heavy atom. The average Bonchev–Trinajstić information content (AvgIpc) is 3.13. The van der Waals surface area contributed by atoms with Crippen LogP contribution in [0.2, 0.25) is 0 Å². The Morgan fingerprint density at radius 2 is 1.83 bits per heavy atom. The van der Waals surface area contributed by atoms with E-state index < -0.39 is 23.5 Å². The number of amides is 1. The van der Waals surface area contributed by atoms with E-state index in [1.165, 1.54) is 11.0 Å². The number of hydrogen-bond donors (Lipinski definition) is 1. The monoisotopic (exact) mass is 479 g/mol. The molecule has 0 aromatic heterocycles. The number of benzene rings is 2. The van der Waals surface area contributed by atoms with Gasteiger partial charge in [0.15, 0.2) is 23.0 Å². The molecule has 1 amide bonds. The van der Waals surface area contributed by atoms with Gasteiger partial charge in [0.25, 0.3) is 5.91 Å². The summed E-state index contributed by atoms with van der Waals surface area (Å²) in [5.41, 5.74) is 1.53. The van der Waals surface area contributed by atoms with Gasteiger partial charge in [0.1, 0.15) is 0 Å². The number of unbranched alkanes of at least 4 members (excludes halogenated alkanes) is 1. The van der Waals surface area contributed by atoms with Crippen LogP contribution in [0.1, 0.15) is 43.4 Å². The van der Waals surface area contributed by atoms with E-state index in [1.54, 1.807) is 38.5 Å². The van der Waals surface area contributed by atoms with E-state index in [9.17, 15) is 14.7 Å². The lowest BCUT2D eigenvalue weighted by molar-refractivity contribution is -0.129. The van der Waals surface area contributed by atoms with E-state index in [-0.39, 0.29) is 5.57 Å². The van der Waals surface area contributed by atoms with Gasteiger partial charge < -0.3 is 24.2 Å². The molecule has 0 saturated heterocycles. The molecule has 1 heterocycles. The highest BCUT2D eigenvalue weighted by molar-refractivity contribution is 6.14. The number of methoxy groups -OCH3 is 2. The lowest BCUT2D eigenvalue weighted by Crippen LogP contribution is -2.32. The first-order valence-electron chi connectivity index (χ1n) is 11.8. The number of allylic oxidation sites excluding steroid dienone is 1. The predicted octanol–water partition coefficient (Wildman–Crippen LogP) is 4.89. The molecule has 7 nitrogen and oxygen atoms in total. The number of carbonyl (C=O) groups is 2. The van der Waals surface area contributed by atoms with Gasteiger partial charge in [-0.3, -0.25) is 9.59 Å². The highest BCUT2D eigenvalue weighted by atomic mass is 16.5. The van der Waals surface area contributed by atoms with Crippen LogP contribution < -0.4 is 9.47 Å². The first-order chi connectivity index (χ1) is 17.0. The normalized spacial score (nSPS) is 15.8. The summed E-state index contributed by atoms with van der Waals surface area (Å²) in [4.78, 5) is 27.8. The summed E-state index contributed by atoms with van der Waals surface area (Å²) in [7, 11) is 3.13. The van der Waals surface area contributed by atoms with Crippen molar-refractivity contribution >= 4 is 17.8 Å². The second kappa shape index (κ2) is 12.8. The number of nitrogens with zero attached hydrogens (tertiary/aromatic N) is 1. The number of ether oxygens (including phenoxy) is 3. The van der Waals surface area contributed by atoms with Gasteiger partial charge in [-0.15, -0.1) is 0 Å². The Morgan fingerprint density at radius 3 is 2.51 bits per heavy atom. The second-order valence-corrected chi connectivity index (χ2v) is 8.23. The first-order valence-corrected chi connectivity index (χ1v) is 11.8. The van der Waals surface area contributed by atoms with Crippen LogP contribution >= 0.6 is 0 Å². The number of rotatable bonds is 13. The highest BCUT2D eigenvalue weighted by Gasteiger charge is 2.42. The van der Waals surface area contributed by atoms with Crippen LogP contribution in [0.25, 0.3) is 6.08 Å². The van der Waals surface area contributed by atoms with E-state index in [0.717, 1.165) is 18.4 Å². The predicted molar refractivity (Wildman–Crippen MR) is 134 cm³/mol. The van der Waals surface area contributed by atoms with Crippen molar-refractivity contribution in [1.82, 2.24) is 4.90 Å². The fraction of sp³-hybridized carbons (Fsp3) is 0.357. The molecule has 7 heteroatoms. The van der Waals surface area contributed by atoms with Crippen molar-refractivity contribution in [3.63, 3.8) is 0 Å². The highest BCUT2D eigenvalue weighted by Crippen LogP contribution is 2.41. The number of aliphatic hydroxyl groups is 1. The van der Waals surface area contributed by atoms with E-state index in [0.29, 0.717) is 43.2 Å². The first kappa shape index (κ1) is 26.0. The average molecular weight is 480 g/mol. The fourth-order valence-corrected chi connectivity index (χ4v) is 3.99. The molecule has 0 radical (unpaired) electrons. The van der Waals surface area contributed by atoms with Crippen molar-refractivity contribution in [1.29, 1.82) is 0 Å². The van der Waals surface area contributed by atoms with Crippen LogP contribution in [0.5, 0.6) is 11.5 Å². The number of carbonyl (C=O) groups excluding carboxylic acids is 2. The van der Waals surface area contributed by atoms with Crippen molar-refractivity contribution in [2.45, 2.75) is 32.2 Å². The summed E-state index contributed by atoms with van der Waals surface area (Å²) in [5, 5.41) is 10.8. The standard InChI is InChI=1S/C28H33NO6/c1-4-5-18-35-23-15-13-21(19-24(23)34-3)26-25(22(30)14-12-20-10-7-6-8-11-20)27(31)28(32)29(26)16-9-17-33-2/h6-8,10-15,19,26,31H,4-5,9,16-18H2,1-3H3. The maximum absolute atomic E-state index is 13.3. The second-order valence-electron chi connectivity index (χ2n) is 8.23. The lowest BCUT2D eigenvalue weighted by Gasteiger charge is -2.27. The minimum Gasteiger partial charge on any atom is -0.503 e. The Labute approximate surface area is 206 Å². The summed E-state index contributed by atoms with van der Waals surface area (Å²) >= 11 is 0. The number of aliphatic hydroxyl groups excluding tert-OH is 1. The topological polar surface area (TPSA) is 85.3 Å². The SMILES string of the molecule is CCCCOc1ccc(C2C(C(=O)C=Cc3ccccc3)=C(O)C(=O)N2CCCOC)cc1OC. The summed E-state index contributed by atoms with van der Waals surface area (Å²) in [6.07, 6.45) is 5.54. The van der Waals surface area contributed by atoms with Gasteiger partial charge in [-0.05, 0) is 42.2 Å². The smallest absolute Gasteiger partial charge is 0.290 e. The van der Waals surface area contributed by atoms with Crippen molar-refractivity contribution in [3.8, 4) is 11.5 Å². The Balaban J connectivity index is 1.97. The summed E-state index contributed by atoms with van der Waals surface area (Å²) in [6, 6.07) is 14.0. The van der Waals surface area contributed by atoms with E-state index in [1.807, 2.05) is 30.3 Å². The van der Waals surface area contributed by atoms with Crippen LogP contribution in [0.15, 0.2) is 65.9 Å². The number of ketones is 1. The molecular formula is C28H33NO6. The molecule has 1 aliphatic rings. The molecule has 0 saturated carbocycles. The van der Waals surface area contributed by atoms with Gasteiger partial charge in [-0.1, -0.05) is 55.8 Å². The summed E-state index contributed by atoms with van der Waals surface area (Å²) < 4.78 is 16.5. The van der Waals surface area contributed by atoms with Gasteiger partial charge in [-0.25, -0.2) is 0 Å². The number of hydrogen-bond acceptors (Lipinski definition) is 6. The molecule has 186 valence electrons. The summed E-state index contributed by atoms with van der Waals surface area (Å²) in [5.74, 6) is -0.450. The van der Waals surface area contributed by atoms with Crippen molar-refractivity contribution < 1.29 is 28.9 Å². The zero-order valence-electron chi connectivity index (χ0n) is 20.5. The minimum absolute atomic E-state index is 0.0429. The van der Waals surface area contributed by atoms with Crippen molar-refractivity contribution in [2.24, 2.45) is 0 Å². The van der Waals surface area contributed by atoms with Crippen LogP contribution in [-0.4, -0.2) is 55.7 Å². The molecule has 0 fully saturated rings.